The van der Waals surface area contributed by atoms with Crippen LogP contribution in [0.5, 0.6) is 0 Å². The summed E-state index contributed by atoms with van der Waals surface area (Å²) in [6, 6.07) is 8.61. The van der Waals surface area contributed by atoms with Gasteiger partial charge in [-0.25, -0.2) is 14.8 Å². The van der Waals surface area contributed by atoms with Crippen LogP contribution in [0.25, 0.3) is 0 Å². The van der Waals surface area contributed by atoms with Gasteiger partial charge in [-0.2, -0.15) is 0 Å². The molecule has 10 heteroatoms. The van der Waals surface area contributed by atoms with Crippen LogP contribution >= 0.6 is 0 Å². The van der Waals surface area contributed by atoms with Crippen LogP contribution in [0.15, 0.2) is 42.7 Å². The number of piperazine rings is 1. The summed E-state index contributed by atoms with van der Waals surface area (Å²) in [6.07, 6.45) is 3.54. The average Bonchev–Trinajstić information content (AvgIpc) is 2.79. The average molecular weight is 412 g/mol. The van der Waals surface area contributed by atoms with Gasteiger partial charge in [-0.1, -0.05) is 12.1 Å². The lowest BCUT2D eigenvalue weighted by atomic mass is 10.1. The van der Waals surface area contributed by atoms with E-state index in [9.17, 15) is 14.4 Å². The molecule has 0 atom stereocenters. The lowest BCUT2D eigenvalue weighted by molar-refractivity contribution is -0.141. The molecule has 2 N–H and O–H groups in total. The number of amides is 3. The molecule has 2 aromatic rings. The van der Waals surface area contributed by atoms with Crippen LogP contribution in [0.3, 0.4) is 0 Å². The van der Waals surface area contributed by atoms with Crippen LogP contribution in [0.2, 0.25) is 0 Å². The Bertz CT molecular complexity index is 867. The zero-order valence-corrected chi connectivity index (χ0v) is 16.7. The zero-order valence-electron chi connectivity index (χ0n) is 16.7. The van der Waals surface area contributed by atoms with Crippen LogP contribution in [0.1, 0.15) is 5.56 Å². The van der Waals surface area contributed by atoms with Gasteiger partial charge in [0.1, 0.15) is 6.54 Å². The van der Waals surface area contributed by atoms with Crippen molar-refractivity contribution in [1.29, 1.82) is 0 Å². The fourth-order valence-electron chi connectivity index (χ4n) is 2.96. The third kappa shape index (κ3) is 5.90. The molecule has 0 saturated carbocycles. The van der Waals surface area contributed by atoms with E-state index in [1.54, 1.807) is 47.6 Å². The number of carbonyl (C=O) groups excluding carboxylic acids is 3. The SMILES string of the molecule is COC(=O)CNC(=O)Cc1ccc(NC(=O)N2CCN(c3ncccn3)CC2)cc1. The number of esters is 1. The number of nitrogens with zero attached hydrogens (tertiary/aromatic N) is 4. The number of hydrogen-bond acceptors (Lipinski definition) is 7. The van der Waals surface area contributed by atoms with Crippen molar-refractivity contribution in [2.45, 2.75) is 6.42 Å². The molecule has 0 radical (unpaired) electrons. The number of anilines is 2. The van der Waals surface area contributed by atoms with E-state index >= 15 is 0 Å². The molecule has 0 unspecified atom stereocenters. The molecule has 1 aliphatic heterocycles. The molecule has 2 heterocycles. The molecule has 0 spiro atoms. The second-order valence-corrected chi connectivity index (χ2v) is 6.68. The normalized spacial score (nSPS) is 13.5. The quantitative estimate of drug-likeness (QED) is 0.670. The van der Waals surface area contributed by atoms with Crippen LogP contribution in [-0.2, 0) is 20.7 Å². The summed E-state index contributed by atoms with van der Waals surface area (Å²) in [6.45, 7) is 2.31. The molecule has 1 aliphatic rings. The maximum atomic E-state index is 12.5. The van der Waals surface area contributed by atoms with Crippen molar-refractivity contribution in [2.24, 2.45) is 0 Å². The molecular weight excluding hydrogens is 388 g/mol. The number of hydrogen-bond donors (Lipinski definition) is 2. The Labute approximate surface area is 174 Å². The number of aromatic nitrogens is 2. The van der Waals surface area contributed by atoms with E-state index in [0.717, 1.165) is 5.56 Å². The lowest BCUT2D eigenvalue weighted by Gasteiger charge is -2.34. The number of ether oxygens (including phenoxy) is 1. The van der Waals surface area contributed by atoms with Crippen molar-refractivity contribution >= 4 is 29.5 Å². The van der Waals surface area contributed by atoms with Gasteiger partial charge < -0.3 is 25.2 Å². The third-order valence-corrected chi connectivity index (χ3v) is 4.63. The first-order valence-corrected chi connectivity index (χ1v) is 9.55. The Balaban J connectivity index is 1.44. The molecular formula is C20H24N6O4. The monoisotopic (exact) mass is 412 g/mol. The van der Waals surface area contributed by atoms with Gasteiger partial charge in [0, 0.05) is 44.3 Å². The van der Waals surface area contributed by atoms with Gasteiger partial charge >= 0.3 is 12.0 Å². The molecule has 30 heavy (non-hydrogen) atoms. The van der Waals surface area contributed by atoms with E-state index in [-0.39, 0.29) is 24.9 Å². The minimum atomic E-state index is -0.501. The highest BCUT2D eigenvalue weighted by molar-refractivity contribution is 5.89. The number of urea groups is 1. The van der Waals surface area contributed by atoms with Crippen molar-refractivity contribution in [3.63, 3.8) is 0 Å². The molecule has 1 fully saturated rings. The maximum Gasteiger partial charge on any atom is 0.325 e. The van der Waals surface area contributed by atoms with E-state index in [4.69, 9.17) is 0 Å². The highest BCUT2D eigenvalue weighted by Crippen LogP contribution is 2.13. The molecule has 1 saturated heterocycles. The molecule has 1 aromatic heterocycles. The molecule has 158 valence electrons. The summed E-state index contributed by atoms with van der Waals surface area (Å²) < 4.78 is 4.48. The standard InChI is InChI=1S/C20H24N6O4/c1-30-18(28)14-23-17(27)13-15-3-5-16(6-4-15)24-20(29)26-11-9-25(10-12-26)19-21-7-2-8-22-19/h2-8H,9-14H2,1H3,(H,23,27)(H,24,29). The van der Waals surface area contributed by atoms with Gasteiger partial charge in [0.25, 0.3) is 0 Å². The van der Waals surface area contributed by atoms with Gasteiger partial charge in [-0.05, 0) is 23.8 Å². The Morgan fingerprint density at radius 1 is 1.03 bits per heavy atom. The third-order valence-electron chi connectivity index (χ3n) is 4.63. The smallest absolute Gasteiger partial charge is 0.325 e. The zero-order chi connectivity index (χ0) is 21.3. The molecule has 0 aliphatic carbocycles. The largest absolute Gasteiger partial charge is 0.468 e. The first-order chi connectivity index (χ1) is 14.5. The van der Waals surface area contributed by atoms with Crippen LogP contribution < -0.4 is 15.5 Å². The van der Waals surface area contributed by atoms with E-state index in [1.807, 2.05) is 4.90 Å². The number of benzene rings is 1. The summed E-state index contributed by atoms with van der Waals surface area (Å²) in [5.41, 5.74) is 1.42. The number of rotatable bonds is 6. The van der Waals surface area contributed by atoms with Gasteiger partial charge in [0.2, 0.25) is 11.9 Å². The van der Waals surface area contributed by atoms with Crippen LogP contribution in [-0.4, -0.2) is 72.6 Å². The predicted octanol–water partition coefficient (Wildman–Crippen LogP) is 0.662. The van der Waals surface area contributed by atoms with E-state index in [0.29, 0.717) is 37.8 Å². The molecule has 3 amide bonds. The highest BCUT2D eigenvalue weighted by atomic mass is 16.5. The minimum Gasteiger partial charge on any atom is -0.468 e. The summed E-state index contributed by atoms with van der Waals surface area (Å²) >= 11 is 0. The van der Waals surface area contributed by atoms with Crippen molar-refractivity contribution in [1.82, 2.24) is 20.2 Å². The summed E-state index contributed by atoms with van der Waals surface area (Å²) in [7, 11) is 1.26. The van der Waals surface area contributed by atoms with Gasteiger partial charge in [-0.15, -0.1) is 0 Å². The lowest BCUT2D eigenvalue weighted by Crippen LogP contribution is -2.50. The predicted molar refractivity (Wildman–Crippen MR) is 110 cm³/mol. The molecule has 3 rings (SSSR count). The Morgan fingerprint density at radius 2 is 1.70 bits per heavy atom. The van der Waals surface area contributed by atoms with Crippen LogP contribution in [0.4, 0.5) is 16.4 Å². The van der Waals surface area contributed by atoms with Crippen molar-refractivity contribution in [3.8, 4) is 0 Å². The molecule has 10 nitrogen and oxygen atoms in total. The van der Waals surface area contributed by atoms with Gasteiger partial charge in [0.05, 0.1) is 13.5 Å². The number of carbonyl (C=O) groups is 3. The Morgan fingerprint density at radius 3 is 2.33 bits per heavy atom. The molecule has 0 bridgehead atoms. The first kappa shape index (κ1) is 21.0. The summed E-state index contributed by atoms with van der Waals surface area (Å²) in [5, 5.41) is 5.35. The van der Waals surface area contributed by atoms with Crippen molar-refractivity contribution in [2.75, 3.05) is 50.1 Å². The second kappa shape index (κ2) is 10.2. The number of methoxy groups -OCH3 is 1. The highest BCUT2D eigenvalue weighted by Gasteiger charge is 2.22. The van der Waals surface area contributed by atoms with E-state index in [2.05, 4.69) is 25.3 Å². The first-order valence-electron chi connectivity index (χ1n) is 9.55. The topological polar surface area (TPSA) is 117 Å². The van der Waals surface area contributed by atoms with E-state index < -0.39 is 5.97 Å². The van der Waals surface area contributed by atoms with E-state index in [1.165, 1.54) is 7.11 Å². The maximum absolute atomic E-state index is 12.5. The van der Waals surface area contributed by atoms with Crippen LogP contribution in [0, 0.1) is 0 Å². The fourth-order valence-corrected chi connectivity index (χ4v) is 2.96. The fraction of sp³-hybridized carbons (Fsp3) is 0.350. The summed E-state index contributed by atoms with van der Waals surface area (Å²) in [5.74, 6) is -0.111. The summed E-state index contributed by atoms with van der Waals surface area (Å²) in [4.78, 5) is 47.6. The Kier molecular flexibility index (Phi) is 7.14. The van der Waals surface area contributed by atoms with Crippen molar-refractivity contribution in [3.05, 3.63) is 48.3 Å². The van der Waals surface area contributed by atoms with Crippen molar-refractivity contribution < 1.29 is 19.1 Å². The second-order valence-electron chi connectivity index (χ2n) is 6.68. The Hall–Kier alpha value is -3.69. The van der Waals surface area contributed by atoms with Gasteiger partial charge in [0.15, 0.2) is 0 Å². The van der Waals surface area contributed by atoms with Gasteiger partial charge in [-0.3, -0.25) is 9.59 Å². The minimum absolute atomic E-state index is 0.134. The molecule has 1 aromatic carbocycles. The number of nitrogens with one attached hydrogen (secondary N) is 2.